The van der Waals surface area contributed by atoms with E-state index < -0.39 is 5.97 Å². The summed E-state index contributed by atoms with van der Waals surface area (Å²) in [4.78, 5) is 11.1. The Hall–Kier alpha value is -2.62. The molecule has 1 heterocycles. The van der Waals surface area contributed by atoms with Crippen LogP contribution in [0.1, 0.15) is 21.5 Å². The van der Waals surface area contributed by atoms with Gasteiger partial charge in [-0.25, -0.2) is 9.18 Å². The number of ether oxygens (including phenoxy) is 1. The first kappa shape index (κ1) is 12.4. The van der Waals surface area contributed by atoms with E-state index in [1.54, 1.807) is 30.3 Å². The molecule has 0 radical (unpaired) electrons. The Labute approximate surface area is 114 Å². The lowest BCUT2D eigenvalue weighted by Gasteiger charge is -2.19. The molecular formula is C16H11FO3. The van der Waals surface area contributed by atoms with E-state index in [2.05, 4.69) is 0 Å². The number of aromatic carboxylic acids is 1. The molecular weight excluding hydrogens is 259 g/mol. The lowest BCUT2D eigenvalue weighted by molar-refractivity contribution is 0.0697. The zero-order valence-corrected chi connectivity index (χ0v) is 10.5. The zero-order chi connectivity index (χ0) is 14.1. The summed E-state index contributed by atoms with van der Waals surface area (Å²) in [7, 11) is 0. The quantitative estimate of drug-likeness (QED) is 0.910. The van der Waals surface area contributed by atoms with E-state index in [1.165, 1.54) is 18.2 Å². The number of carbonyl (C=O) groups is 1. The van der Waals surface area contributed by atoms with Crippen LogP contribution in [0.15, 0.2) is 48.5 Å². The average Bonchev–Trinajstić information content (AvgIpc) is 2.46. The molecule has 0 amide bonds. The monoisotopic (exact) mass is 270 g/mol. The SMILES string of the molecule is O=C(O)c1ccc2c(c1)C(c1ccccc1F)=CCO2. The van der Waals surface area contributed by atoms with Crippen LogP contribution in [0.5, 0.6) is 5.75 Å². The number of hydrogen-bond acceptors (Lipinski definition) is 2. The molecule has 0 spiro atoms. The van der Waals surface area contributed by atoms with Crippen molar-refractivity contribution >= 4 is 11.5 Å². The number of hydrogen-bond donors (Lipinski definition) is 1. The topological polar surface area (TPSA) is 46.5 Å². The Morgan fingerprint density at radius 3 is 2.70 bits per heavy atom. The number of fused-ring (bicyclic) bond motifs is 1. The summed E-state index contributed by atoms with van der Waals surface area (Å²) in [6.45, 7) is 0.336. The average molecular weight is 270 g/mol. The van der Waals surface area contributed by atoms with E-state index in [-0.39, 0.29) is 11.4 Å². The van der Waals surface area contributed by atoms with Gasteiger partial charge in [0.2, 0.25) is 0 Å². The van der Waals surface area contributed by atoms with Crippen molar-refractivity contribution in [3.05, 3.63) is 71.0 Å². The van der Waals surface area contributed by atoms with Crippen molar-refractivity contribution in [2.24, 2.45) is 0 Å². The van der Waals surface area contributed by atoms with Crippen LogP contribution in [0.25, 0.3) is 5.57 Å². The molecule has 2 aromatic rings. The summed E-state index contributed by atoms with van der Waals surface area (Å²) in [6.07, 6.45) is 1.76. The molecule has 0 aliphatic carbocycles. The van der Waals surface area contributed by atoms with Crippen molar-refractivity contribution in [1.29, 1.82) is 0 Å². The fourth-order valence-electron chi connectivity index (χ4n) is 2.26. The third-order valence-corrected chi connectivity index (χ3v) is 3.21. The third-order valence-electron chi connectivity index (χ3n) is 3.21. The van der Waals surface area contributed by atoms with Crippen molar-refractivity contribution in [2.75, 3.05) is 6.61 Å². The second kappa shape index (κ2) is 4.81. The van der Waals surface area contributed by atoms with E-state index >= 15 is 0 Å². The van der Waals surface area contributed by atoms with Crippen LogP contribution in [0, 0.1) is 5.82 Å². The van der Waals surface area contributed by atoms with Crippen molar-refractivity contribution < 1.29 is 19.0 Å². The van der Waals surface area contributed by atoms with Crippen LogP contribution in [0.3, 0.4) is 0 Å². The van der Waals surface area contributed by atoms with Crippen LogP contribution in [0.4, 0.5) is 4.39 Å². The van der Waals surface area contributed by atoms with E-state index in [0.29, 0.717) is 29.1 Å². The largest absolute Gasteiger partial charge is 0.489 e. The number of rotatable bonds is 2. The maximum atomic E-state index is 13.9. The molecule has 0 bridgehead atoms. The van der Waals surface area contributed by atoms with Crippen LogP contribution >= 0.6 is 0 Å². The molecule has 4 heteroatoms. The molecule has 2 aromatic carbocycles. The molecule has 3 nitrogen and oxygen atoms in total. The summed E-state index contributed by atoms with van der Waals surface area (Å²) in [5.41, 5.74) is 1.85. The van der Waals surface area contributed by atoms with E-state index in [9.17, 15) is 9.18 Å². The van der Waals surface area contributed by atoms with Gasteiger partial charge >= 0.3 is 5.97 Å². The van der Waals surface area contributed by atoms with Crippen molar-refractivity contribution in [3.8, 4) is 5.75 Å². The second-order valence-corrected chi connectivity index (χ2v) is 4.42. The standard InChI is InChI=1S/C16H11FO3/c17-14-4-2-1-3-12(14)11-7-8-20-15-6-5-10(16(18)19)9-13(11)15/h1-7,9H,8H2,(H,18,19). The molecule has 0 aromatic heterocycles. The van der Waals surface area contributed by atoms with E-state index in [1.807, 2.05) is 0 Å². The predicted octanol–water partition coefficient (Wildman–Crippen LogP) is 3.35. The summed E-state index contributed by atoms with van der Waals surface area (Å²) in [5.74, 6) is -0.797. The summed E-state index contributed by atoms with van der Waals surface area (Å²) < 4.78 is 19.4. The number of benzene rings is 2. The Morgan fingerprint density at radius 2 is 1.95 bits per heavy atom. The van der Waals surface area contributed by atoms with E-state index in [0.717, 1.165) is 0 Å². The molecule has 1 aliphatic rings. The minimum absolute atomic E-state index is 0.150. The normalized spacial score (nSPS) is 13.2. The third kappa shape index (κ3) is 2.05. The molecule has 0 atom stereocenters. The summed E-state index contributed by atoms with van der Waals surface area (Å²) in [5, 5.41) is 9.06. The van der Waals surface area contributed by atoms with Gasteiger partial charge in [0.15, 0.2) is 0 Å². The fraction of sp³-hybridized carbons (Fsp3) is 0.0625. The molecule has 0 fully saturated rings. The minimum Gasteiger partial charge on any atom is -0.489 e. The Bertz CT molecular complexity index is 719. The van der Waals surface area contributed by atoms with Crippen molar-refractivity contribution in [3.63, 3.8) is 0 Å². The van der Waals surface area contributed by atoms with Crippen LogP contribution in [0.2, 0.25) is 0 Å². The number of carboxylic acid groups (broad SMARTS) is 1. The second-order valence-electron chi connectivity index (χ2n) is 4.42. The van der Waals surface area contributed by atoms with Gasteiger partial charge in [-0.1, -0.05) is 18.2 Å². The lowest BCUT2D eigenvalue weighted by Crippen LogP contribution is -2.08. The Morgan fingerprint density at radius 1 is 1.15 bits per heavy atom. The lowest BCUT2D eigenvalue weighted by atomic mass is 9.93. The number of carboxylic acids is 1. The predicted molar refractivity (Wildman–Crippen MR) is 72.4 cm³/mol. The highest BCUT2D eigenvalue weighted by Crippen LogP contribution is 2.35. The molecule has 20 heavy (non-hydrogen) atoms. The summed E-state index contributed by atoms with van der Waals surface area (Å²) in [6, 6.07) is 11.0. The molecule has 0 saturated heterocycles. The highest BCUT2D eigenvalue weighted by atomic mass is 19.1. The molecule has 1 aliphatic heterocycles. The molecule has 1 N–H and O–H groups in total. The van der Waals surface area contributed by atoms with Gasteiger partial charge in [0.1, 0.15) is 18.2 Å². The molecule has 0 saturated carbocycles. The highest BCUT2D eigenvalue weighted by Gasteiger charge is 2.19. The molecule has 0 unspecified atom stereocenters. The minimum atomic E-state index is -1.02. The van der Waals surface area contributed by atoms with Gasteiger partial charge < -0.3 is 9.84 Å². The van der Waals surface area contributed by atoms with Crippen LogP contribution in [-0.2, 0) is 0 Å². The first-order valence-corrected chi connectivity index (χ1v) is 6.12. The molecule has 3 rings (SSSR count). The van der Waals surface area contributed by atoms with Gasteiger partial charge in [-0.15, -0.1) is 0 Å². The van der Waals surface area contributed by atoms with Crippen LogP contribution in [-0.4, -0.2) is 17.7 Å². The van der Waals surface area contributed by atoms with Crippen molar-refractivity contribution in [1.82, 2.24) is 0 Å². The summed E-state index contributed by atoms with van der Waals surface area (Å²) >= 11 is 0. The first-order valence-electron chi connectivity index (χ1n) is 6.12. The van der Waals surface area contributed by atoms with Gasteiger partial charge in [0.05, 0.1) is 5.56 Å². The van der Waals surface area contributed by atoms with Crippen molar-refractivity contribution in [2.45, 2.75) is 0 Å². The van der Waals surface area contributed by atoms with Gasteiger partial charge in [-0.3, -0.25) is 0 Å². The van der Waals surface area contributed by atoms with Gasteiger partial charge in [0.25, 0.3) is 0 Å². The van der Waals surface area contributed by atoms with Crippen LogP contribution < -0.4 is 4.74 Å². The smallest absolute Gasteiger partial charge is 0.335 e. The van der Waals surface area contributed by atoms with Gasteiger partial charge in [-0.2, -0.15) is 0 Å². The van der Waals surface area contributed by atoms with E-state index in [4.69, 9.17) is 9.84 Å². The Balaban J connectivity index is 2.17. The first-order chi connectivity index (χ1) is 9.66. The maximum Gasteiger partial charge on any atom is 0.335 e. The highest BCUT2D eigenvalue weighted by molar-refractivity contribution is 5.92. The fourth-order valence-corrected chi connectivity index (χ4v) is 2.26. The molecule has 100 valence electrons. The number of halogens is 1. The Kier molecular flexibility index (Phi) is 2.99. The van der Waals surface area contributed by atoms with Gasteiger partial charge in [-0.05, 0) is 35.9 Å². The maximum absolute atomic E-state index is 13.9. The van der Waals surface area contributed by atoms with Gasteiger partial charge in [0, 0.05) is 11.1 Å². The zero-order valence-electron chi connectivity index (χ0n) is 10.5.